The Morgan fingerprint density at radius 3 is 2.75 bits per heavy atom. The maximum atomic E-state index is 12.1. The van der Waals surface area contributed by atoms with Gasteiger partial charge in [-0.3, -0.25) is 4.79 Å². The molecule has 0 fully saturated rings. The summed E-state index contributed by atoms with van der Waals surface area (Å²) in [4.78, 5) is 12.1. The number of nitrogens with zero attached hydrogens (tertiary/aromatic N) is 1. The lowest BCUT2D eigenvalue weighted by Crippen LogP contribution is -2.19. The van der Waals surface area contributed by atoms with Gasteiger partial charge in [-0.05, 0) is 31.2 Å². The number of hydrogen-bond donors (Lipinski definition) is 1. The number of halogens is 1. The van der Waals surface area contributed by atoms with Crippen molar-refractivity contribution in [1.82, 2.24) is 5.43 Å². The number of amides is 1. The number of carbonyl (C=O) groups excluding carboxylic acids is 1. The highest BCUT2D eigenvalue weighted by molar-refractivity contribution is 6.33. The van der Waals surface area contributed by atoms with Gasteiger partial charge in [-0.25, -0.2) is 5.43 Å². The molecule has 1 amide bonds. The number of hydrazone groups is 1. The lowest BCUT2D eigenvalue weighted by atomic mass is 10.2. The molecule has 0 aliphatic rings. The van der Waals surface area contributed by atoms with Crippen molar-refractivity contribution in [2.24, 2.45) is 5.10 Å². The molecule has 0 saturated heterocycles. The number of nitrogens with one attached hydrogen (secondary N) is 1. The van der Waals surface area contributed by atoms with Gasteiger partial charge in [-0.2, -0.15) is 5.10 Å². The molecule has 1 N–H and O–H groups in total. The Labute approximate surface area is 143 Å². The highest BCUT2D eigenvalue weighted by Crippen LogP contribution is 2.28. The zero-order valence-electron chi connectivity index (χ0n) is 13.2. The van der Waals surface area contributed by atoms with E-state index in [1.165, 1.54) is 0 Å². The third-order valence-electron chi connectivity index (χ3n) is 3.53. The van der Waals surface area contributed by atoms with E-state index in [9.17, 15) is 4.79 Å². The van der Waals surface area contributed by atoms with E-state index in [1.54, 1.807) is 38.3 Å². The van der Waals surface area contributed by atoms with Crippen LogP contribution in [0.4, 0.5) is 0 Å². The molecule has 0 atom stereocenters. The minimum atomic E-state index is -0.381. The number of para-hydroxylation sites is 1. The first-order chi connectivity index (χ1) is 11.6. The van der Waals surface area contributed by atoms with Gasteiger partial charge in [0.05, 0.1) is 17.7 Å². The van der Waals surface area contributed by atoms with Crippen LogP contribution in [0, 0.1) is 0 Å². The van der Waals surface area contributed by atoms with Gasteiger partial charge >= 0.3 is 0 Å². The molecule has 0 aliphatic heterocycles. The molecule has 3 aromatic rings. The SMILES string of the molecule is COc1cccc2cc(/C(C)=N\NC(=O)c3ccccc3Cl)oc12. The highest BCUT2D eigenvalue weighted by Gasteiger charge is 2.12. The summed E-state index contributed by atoms with van der Waals surface area (Å²) in [5.74, 6) is 0.814. The molecule has 5 nitrogen and oxygen atoms in total. The number of ether oxygens (including phenoxy) is 1. The van der Waals surface area contributed by atoms with Crippen LogP contribution >= 0.6 is 11.6 Å². The molecule has 1 aromatic heterocycles. The number of hydrogen-bond acceptors (Lipinski definition) is 4. The zero-order chi connectivity index (χ0) is 17.1. The fourth-order valence-electron chi connectivity index (χ4n) is 2.27. The number of methoxy groups -OCH3 is 1. The maximum Gasteiger partial charge on any atom is 0.272 e. The van der Waals surface area contributed by atoms with Crippen molar-refractivity contribution in [3.05, 3.63) is 64.9 Å². The first kappa shape index (κ1) is 16.1. The molecular weight excluding hydrogens is 328 g/mol. The quantitative estimate of drug-likeness (QED) is 0.569. The summed E-state index contributed by atoms with van der Waals surface area (Å²) in [5.41, 5.74) is 4.02. The van der Waals surface area contributed by atoms with E-state index in [0.29, 0.717) is 33.4 Å². The summed E-state index contributed by atoms with van der Waals surface area (Å²) in [7, 11) is 1.59. The van der Waals surface area contributed by atoms with E-state index in [1.807, 2.05) is 24.3 Å². The molecule has 122 valence electrons. The standard InChI is InChI=1S/C18H15ClN2O3/c1-11(20-21-18(22)13-7-3-4-8-14(13)19)16-10-12-6-5-9-15(23-2)17(12)24-16/h3-10H,1-2H3,(H,21,22)/b20-11-. The smallest absolute Gasteiger partial charge is 0.272 e. The van der Waals surface area contributed by atoms with Crippen LogP contribution in [0.15, 0.2) is 58.0 Å². The number of furan rings is 1. The van der Waals surface area contributed by atoms with E-state index in [2.05, 4.69) is 10.5 Å². The molecule has 0 radical (unpaired) electrons. The first-order valence-corrected chi connectivity index (χ1v) is 7.64. The van der Waals surface area contributed by atoms with Crippen LogP contribution in [-0.2, 0) is 0 Å². The first-order valence-electron chi connectivity index (χ1n) is 7.26. The van der Waals surface area contributed by atoms with Gasteiger partial charge in [0.25, 0.3) is 5.91 Å². The Hall–Kier alpha value is -2.79. The van der Waals surface area contributed by atoms with Crippen LogP contribution in [0.25, 0.3) is 11.0 Å². The molecule has 6 heteroatoms. The average Bonchev–Trinajstić information content (AvgIpc) is 3.04. The van der Waals surface area contributed by atoms with Gasteiger partial charge in [0.15, 0.2) is 17.1 Å². The Bertz CT molecular complexity index is 931. The summed E-state index contributed by atoms with van der Waals surface area (Å²) >= 11 is 6.00. The van der Waals surface area contributed by atoms with E-state index < -0.39 is 0 Å². The number of fused-ring (bicyclic) bond motifs is 1. The number of benzene rings is 2. The summed E-state index contributed by atoms with van der Waals surface area (Å²) in [6, 6.07) is 14.2. The van der Waals surface area contributed by atoms with Crippen LogP contribution in [0.1, 0.15) is 23.0 Å². The molecule has 1 heterocycles. The lowest BCUT2D eigenvalue weighted by Gasteiger charge is -2.03. The largest absolute Gasteiger partial charge is 0.493 e. The van der Waals surface area contributed by atoms with Gasteiger partial charge in [0, 0.05) is 5.39 Å². The van der Waals surface area contributed by atoms with Crippen molar-refractivity contribution in [2.75, 3.05) is 7.11 Å². The topological polar surface area (TPSA) is 63.8 Å². The van der Waals surface area contributed by atoms with Crippen molar-refractivity contribution < 1.29 is 13.9 Å². The van der Waals surface area contributed by atoms with Crippen LogP contribution in [-0.4, -0.2) is 18.7 Å². The molecule has 0 unspecified atom stereocenters. The second kappa shape index (κ2) is 6.76. The molecule has 0 spiro atoms. The average molecular weight is 343 g/mol. The van der Waals surface area contributed by atoms with Crippen LogP contribution in [0.3, 0.4) is 0 Å². The monoisotopic (exact) mass is 342 g/mol. The Balaban J connectivity index is 1.84. The lowest BCUT2D eigenvalue weighted by molar-refractivity contribution is 0.0955. The van der Waals surface area contributed by atoms with Crippen molar-refractivity contribution in [3.8, 4) is 5.75 Å². The predicted octanol–water partition coefficient (Wildman–Crippen LogP) is 4.25. The Kier molecular flexibility index (Phi) is 4.53. The Morgan fingerprint density at radius 1 is 1.21 bits per heavy atom. The zero-order valence-corrected chi connectivity index (χ0v) is 13.9. The summed E-state index contributed by atoms with van der Waals surface area (Å²) in [6.45, 7) is 1.75. The van der Waals surface area contributed by atoms with Crippen molar-refractivity contribution in [3.63, 3.8) is 0 Å². The molecular formula is C18H15ClN2O3. The summed E-state index contributed by atoms with van der Waals surface area (Å²) in [5, 5.41) is 5.36. The number of carbonyl (C=O) groups is 1. The minimum absolute atomic E-state index is 0.363. The van der Waals surface area contributed by atoms with Crippen LogP contribution < -0.4 is 10.2 Å². The fourth-order valence-corrected chi connectivity index (χ4v) is 2.49. The summed E-state index contributed by atoms with van der Waals surface area (Å²) < 4.78 is 11.1. The second-order valence-electron chi connectivity index (χ2n) is 5.11. The third kappa shape index (κ3) is 3.12. The van der Waals surface area contributed by atoms with E-state index in [4.69, 9.17) is 20.8 Å². The predicted molar refractivity (Wildman–Crippen MR) is 93.9 cm³/mol. The van der Waals surface area contributed by atoms with Gasteiger partial charge < -0.3 is 9.15 Å². The van der Waals surface area contributed by atoms with E-state index in [-0.39, 0.29) is 5.91 Å². The van der Waals surface area contributed by atoms with Gasteiger partial charge in [-0.15, -0.1) is 0 Å². The molecule has 0 bridgehead atoms. The van der Waals surface area contributed by atoms with Crippen molar-refractivity contribution in [1.29, 1.82) is 0 Å². The molecule has 0 aliphatic carbocycles. The molecule has 0 saturated carbocycles. The van der Waals surface area contributed by atoms with Gasteiger partial charge in [0.1, 0.15) is 5.71 Å². The maximum absolute atomic E-state index is 12.1. The van der Waals surface area contributed by atoms with Crippen LogP contribution in [0.2, 0.25) is 5.02 Å². The van der Waals surface area contributed by atoms with Crippen molar-refractivity contribution in [2.45, 2.75) is 6.92 Å². The van der Waals surface area contributed by atoms with Gasteiger partial charge in [-0.1, -0.05) is 35.9 Å². The fraction of sp³-hybridized carbons (Fsp3) is 0.111. The Morgan fingerprint density at radius 2 is 2.00 bits per heavy atom. The normalized spacial score (nSPS) is 11.5. The van der Waals surface area contributed by atoms with E-state index >= 15 is 0 Å². The molecule has 2 aromatic carbocycles. The molecule has 3 rings (SSSR count). The van der Waals surface area contributed by atoms with Crippen molar-refractivity contribution >= 4 is 34.2 Å². The van der Waals surface area contributed by atoms with E-state index in [0.717, 1.165) is 5.39 Å². The highest BCUT2D eigenvalue weighted by atomic mass is 35.5. The van der Waals surface area contributed by atoms with Crippen LogP contribution in [0.5, 0.6) is 5.75 Å². The van der Waals surface area contributed by atoms with Gasteiger partial charge in [0.2, 0.25) is 0 Å². The number of rotatable bonds is 4. The third-order valence-corrected chi connectivity index (χ3v) is 3.86. The second-order valence-corrected chi connectivity index (χ2v) is 5.51. The minimum Gasteiger partial charge on any atom is -0.493 e. The molecule has 24 heavy (non-hydrogen) atoms. The summed E-state index contributed by atoms with van der Waals surface area (Å²) in [6.07, 6.45) is 0.